The molecule has 1 N–H and O–H groups in total. The largest absolute Gasteiger partial charge is 0.480 e. The molecule has 0 aromatic carbocycles. The molecule has 0 aliphatic heterocycles. The van der Waals surface area contributed by atoms with Gasteiger partial charge in [-0.25, -0.2) is 4.98 Å². The number of aromatic nitrogens is 1. The van der Waals surface area contributed by atoms with Crippen LogP contribution in [0.3, 0.4) is 0 Å². The van der Waals surface area contributed by atoms with E-state index in [-0.39, 0.29) is 18.5 Å². The van der Waals surface area contributed by atoms with Gasteiger partial charge in [-0.05, 0) is 31.9 Å². The molecule has 1 saturated carbocycles. The highest BCUT2D eigenvalue weighted by Crippen LogP contribution is 2.24. The van der Waals surface area contributed by atoms with E-state index in [0.717, 1.165) is 31.4 Å². The number of nitrogens with zero attached hydrogens (tertiary/aromatic N) is 2. The third kappa shape index (κ3) is 3.30. The van der Waals surface area contributed by atoms with Crippen molar-refractivity contribution in [3.63, 3.8) is 0 Å². The second kappa shape index (κ2) is 5.82. The molecule has 1 aliphatic carbocycles. The Morgan fingerprint density at radius 2 is 2.05 bits per heavy atom. The molecule has 1 aromatic rings. The summed E-state index contributed by atoms with van der Waals surface area (Å²) in [5.41, 5.74) is 1.08. The highest BCUT2D eigenvalue weighted by Gasteiger charge is 2.29. The number of rotatable bonds is 4. The number of carboxylic acid groups (broad SMARTS) is 1. The summed E-state index contributed by atoms with van der Waals surface area (Å²) in [5, 5.41) is 8.98. The van der Waals surface area contributed by atoms with E-state index in [0.29, 0.717) is 5.69 Å². The number of amides is 1. The SMILES string of the molecule is Cc1cccc(C(=O)N(CC(=O)O)C2CCCC2)n1. The third-order valence-corrected chi connectivity index (χ3v) is 3.44. The second-order valence-corrected chi connectivity index (χ2v) is 4.93. The van der Waals surface area contributed by atoms with Gasteiger partial charge in [-0.3, -0.25) is 9.59 Å². The molecule has 1 heterocycles. The number of carbonyl (C=O) groups is 2. The summed E-state index contributed by atoms with van der Waals surface area (Å²) in [6, 6.07) is 5.25. The first-order chi connectivity index (χ1) is 9.08. The number of carbonyl (C=O) groups excluding carboxylic acids is 1. The molecule has 0 bridgehead atoms. The van der Waals surface area contributed by atoms with E-state index < -0.39 is 5.97 Å². The summed E-state index contributed by atoms with van der Waals surface area (Å²) in [6.07, 6.45) is 3.86. The molecule has 0 saturated heterocycles. The van der Waals surface area contributed by atoms with Gasteiger partial charge in [0, 0.05) is 11.7 Å². The highest BCUT2D eigenvalue weighted by molar-refractivity contribution is 5.94. The number of carboxylic acids is 1. The molecule has 19 heavy (non-hydrogen) atoms. The fourth-order valence-corrected chi connectivity index (χ4v) is 2.54. The summed E-state index contributed by atoms with van der Waals surface area (Å²) in [6.45, 7) is 1.56. The van der Waals surface area contributed by atoms with Crippen molar-refractivity contribution in [2.24, 2.45) is 0 Å². The molecule has 1 aliphatic rings. The first kappa shape index (κ1) is 13.5. The molecule has 5 nitrogen and oxygen atoms in total. The van der Waals surface area contributed by atoms with Gasteiger partial charge in [0.25, 0.3) is 5.91 Å². The first-order valence-electron chi connectivity index (χ1n) is 6.54. The van der Waals surface area contributed by atoms with Crippen molar-refractivity contribution in [1.82, 2.24) is 9.88 Å². The van der Waals surface area contributed by atoms with Crippen LogP contribution >= 0.6 is 0 Å². The van der Waals surface area contributed by atoms with E-state index >= 15 is 0 Å². The molecular weight excluding hydrogens is 244 g/mol. The average molecular weight is 262 g/mol. The first-order valence-corrected chi connectivity index (χ1v) is 6.54. The number of pyridine rings is 1. The van der Waals surface area contributed by atoms with Gasteiger partial charge in [-0.1, -0.05) is 18.9 Å². The molecule has 1 aromatic heterocycles. The summed E-state index contributed by atoms with van der Waals surface area (Å²) >= 11 is 0. The predicted molar refractivity (Wildman–Crippen MR) is 69.9 cm³/mol. The Morgan fingerprint density at radius 1 is 1.37 bits per heavy atom. The molecular formula is C14H18N2O3. The summed E-state index contributed by atoms with van der Waals surface area (Å²) in [5.74, 6) is -1.26. The fraction of sp³-hybridized carbons (Fsp3) is 0.500. The van der Waals surface area contributed by atoms with Gasteiger partial charge in [0.2, 0.25) is 0 Å². The second-order valence-electron chi connectivity index (χ2n) is 4.93. The standard InChI is InChI=1S/C14H18N2O3/c1-10-5-4-8-12(15-10)14(19)16(9-13(17)18)11-6-2-3-7-11/h4-5,8,11H,2-3,6-7,9H2,1H3,(H,17,18). The Balaban J connectivity index is 2.21. The van der Waals surface area contributed by atoms with Crippen molar-refractivity contribution in [1.29, 1.82) is 0 Å². The molecule has 1 fully saturated rings. The Labute approximate surface area is 112 Å². The van der Waals surface area contributed by atoms with Crippen molar-refractivity contribution < 1.29 is 14.7 Å². The van der Waals surface area contributed by atoms with Gasteiger partial charge < -0.3 is 10.0 Å². The van der Waals surface area contributed by atoms with E-state index in [1.807, 2.05) is 13.0 Å². The molecule has 5 heteroatoms. The molecule has 0 spiro atoms. The van der Waals surface area contributed by atoms with Crippen molar-refractivity contribution in [2.45, 2.75) is 38.6 Å². The zero-order valence-corrected chi connectivity index (χ0v) is 11.0. The molecule has 0 radical (unpaired) electrons. The molecule has 2 rings (SSSR count). The third-order valence-electron chi connectivity index (χ3n) is 3.44. The van der Waals surface area contributed by atoms with E-state index in [4.69, 9.17) is 5.11 Å². The zero-order chi connectivity index (χ0) is 13.8. The van der Waals surface area contributed by atoms with E-state index in [1.54, 1.807) is 12.1 Å². The molecule has 102 valence electrons. The van der Waals surface area contributed by atoms with Crippen LogP contribution < -0.4 is 0 Å². The topological polar surface area (TPSA) is 70.5 Å². The van der Waals surface area contributed by atoms with Crippen LogP contribution in [0.25, 0.3) is 0 Å². The molecule has 1 amide bonds. The minimum absolute atomic E-state index is 0.0333. The van der Waals surface area contributed by atoms with Crippen LogP contribution in [0.2, 0.25) is 0 Å². The van der Waals surface area contributed by atoms with E-state index in [2.05, 4.69) is 4.98 Å². The van der Waals surface area contributed by atoms with E-state index in [9.17, 15) is 9.59 Å². The van der Waals surface area contributed by atoms with Gasteiger partial charge in [-0.2, -0.15) is 0 Å². The summed E-state index contributed by atoms with van der Waals surface area (Å²) in [4.78, 5) is 29.0. The highest BCUT2D eigenvalue weighted by atomic mass is 16.4. The smallest absolute Gasteiger partial charge is 0.323 e. The van der Waals surface area contributed by atoms with Crippen molar-refractivity contribution in [2.75, 3.05) is 6.54 Å². The lowest BCUT2D eigenvalue weighted by Gasteiger charge is -2.27. The fourth-order valence-electron chi connectivity index (χ4n) is 2.54. The van der Waals surface area contributed by atoms with Crippen LogP contribution in [0.5, 0.6) is 0 Å². The Bertz CT molecular complexity index is 481. The Kier molecular flexibility index (Phi) is 4.14. The van der Waals surface area contributed by atoms with Gasteiger partial charge in [0.05, 0.1) is 0 Å². The summed E-state index contributed by atoms with van der Waals surface area (Å²) in [7, 11) is 0. The van der Waals surface area contributed by atoms with Crippen LogP contribution in [-0.2, 0) is 4.79 Å². The minimum atomic E-state index is -0.979. The normalized spacial score (nSPS) is 15.4. The lowest BCUT2D eigenvalue weighted by atomic mass is 10.2. The predicted octanol–water partition coefficient (Wildman–Crippen LogP) is 1.86. The lowest BCUT2D eigenvalue weighted by Crippen LogP contribution is -2.42. The molecule has 0 atom stereocenters. The Hall–Kier alpha value is -1.91. The number of hydrogen-bond donors (Lipinski definition) is 1. The van der Waals surface area contributed by atoms with Crippen LogP contribution in [0.1, 0.15) is 41.9 Å². The van der Waals surface area contributed by atoms with E-state index in [1.165, 1.54) is 4.90 Å². The molecule has 0 unspecified atom stereocenters. The summed E-state index contributed by atoms with van der Waals surface area (Å²) < 4.78 is 0. The van der Waals surface area contributed by atoms with Crippen LogP contribution in [0.15, 0.2) is 18.2 Å². The number of aryl methyl sites for hydroxylation is 1. The maximum Gasteiger partial charge on any atom is 0.323 e. The van der Waals surface area contributed by atoms with Gasteiger partial charge in [0.1, 0.15) is 12.2 Å². The van der Waals surface area contributed by atoms with Crippen LogP contribution in [-0.4, -0.2) is 39.5 Å². The van der Waals surface area contributed by atoms with Crippen molar-refractivity contribution in [3.05, 3.63) is 29.6 Å². The monoisotopic (exact) mass is 262 g/mol. The van der Waals surface area contributed by atoms with Gasteiger partial charge in [0.15, 0.2) is 0 Å². The lowest BCUT2D eigenvalue weighted by molar-refractivity contribution is -0.138. The number of aliphatic carboxylic acids is 1. The number of hydrogen-bond acceptors (Lipinski definition) is 3. The zero-order valence-electron chi connectivity index (χ0n) is 11.0. The maximum absolute atomic E-state index is 12.4. The van der Waals surface area contributed by atoms with Crippen molar-refractivity contribution in [3.8, 4) is 0 Å². The quantitative estimate of drug-likeness (QED) is 0.899. The van der Waals surface area contributed by atoms with Crippen LogP contribution in [0.4, 0.5) is 0 Å². The van der Waals surface area contributed by atoms with Crippen LogP contribution in [0, 0.1) is 6.92 Å². The Morgan fingerprint density at radius 3 is 2.63 bits per heavy atom. The van der Waals surface area contributed by atoms with Crippen molar-refractivity contribution >= 4 is 11.9 Å². The average Bonchev–Trinajstić information content (AvgIpc) is 2.88. The van der Waals surface area contributed by atoms with Gasteiger partial charge in [-0.15, -0.1) is 0 Å². The minimum Gasteiger partial charge on any atom is -0.480 e. The van der Waals surface area contributed by atoms with Gasteiger partial charge >= 0.3 is 5.97 Å². The maximum atomic E-state index is 12.4.